The lowest BCUT2D eigenvalue weighted by atomic mass is 9.92. The molecule has 1 aliphatic heterocycles. The van der Waals surface area contributed by atoms with Crippen molar-refractivity contribution >= 4 is 28.2 Å². The number of para-hydroxylation sites is 1. The van der Waals surface area contributed by atoms with Crippen LogP contribution in [0.1, 0.15) is 39.7 Å². The standard InChI is InChI=1S/C20H22N2O3/c1-5-17(23)20(3,4)22-12-25-13(2)18(19(22)24)15-10-14-8-6-7-9-16(14)21-11-15/h6-11H,5,12H2,1-4H3. The zero-order valence-electron chi connectivity index (χ0n) is 15.0. The normalized spacial score (nSPS) is 15.5. The number of carbonyl (C=O) groups is 2. The number of nitrogens with zero attached hydrogens (tertiary/aromatic N) is 2. The number of ether oxygens (including phenoxy) is 1. The molecule has 0 spiro atoms. The summed E-state index contributed by atoms with van der Waals surface area (Å²) in [7, 11) is 0. The summed E-state index contributed by atoms with van der Waals surface area (Å²) in [5.41, 5.74) is 1.11. The van der Waals surface area contributed by atoms with Crippen molar-refractivity contribution < 1.29 is 14.3 Å². The number of benzene rings is 1. The fraction of sp³-hybridized carbons (Fsp3) is 0.350. The van der Waals surface area contributed by atoms with Crippen molar-refractivity contribution in [1.29, 1.82) is 0 Å². The van der Waals surface area contributed by atoms with E-state index in [0.29, 0.717) is 23.3 Å². The van der Waals surface area contributed by atoms with Gasteiger partial charge in [0.05, 0.1) is 16.6 Å². The monoisotopic (exact) mass is 338 g/mol. The summed E-state index contributed by atoms with van der Waals surface area (Å²) in [5, 5.41) is 0.953. The molecule has 5 heteroatoms. The quantitative estimate of drug-likeness (QED) is 0.855. The molecule has 3 rings (SSSR count). The summed E-state index contributed by atoms with van der Waals surface area (Å²) >= 11 is 0. The van der Waals surface area contributed by atoms with Crippen molar-refractivity contribution in [3.05, 3.63) is 47.9 Å². The maximum Gasteiger partial charge on any atom is 0.261 e. The van der Waals surface area contributed by atoms with Gasteiger partial charge in [0.15, 0.2) is 12.5 Å². The lowest BCUT2D eigenvalue weighted by Crippen LogP contribution is -2.55. The maximum atomic E-state index is 13.1. The topological polar surface area (TPSA) is 59.5 Å². The molecule has 0 N–H and O–H groups in total. The Morgan fingerprint density at radius 1 is 1.32 bits per heavy atom. The minimum absolute atomic E-state index is 0.00000969. The van der Waals surface area contributed by atoms with Gasteiger partial charge in [-0.05, 0) is 32.9 Å². The van der Waals surface area contributed by atoms with Crippen molar-refractivity contribution in [2.24, 2.45) is 0 Å². The molecule has 0 radical (unpaired) electrons. The zero-order valence-corrected chi connectivity index (χ0v) is 15.0. The first-order valence-electron chi connectivity index (χ1n) is 8.40. The zero-order chi connectivity index (χ0) is 18.2. The average molecular weight is 338 g/mol. The number of amides is 1. The Morgan fingerprint density at radius 3 is 2.76 bits per heavy atom. The number of pyridine rings is 1. The smallest absolute Gasteiger partial charge is 0.261 e. The Bertz CT molecular complexity index is 883. The predicted molar refractivity (Wildman–Crippen MR) is 96.5 cm³/mol. The highest BCUT2D eigenvalue weighted by atomic mass is 16.5. The van der Waals surface area contributed by atoms with Crippen molar-refractivity contribution in [1.82, 2.24) is 9.88 Å². The number of fused-ring (bicyclic) bond motifs is 1. The third kappa shape index (κ3) is 2.90. The summed E-state index contributed by atoms with van der Waals surface area (Å²) in [4.78, 5) is 31.4. The van der Waals surface area contributed by atoms with Gasteiger partial charge >= 0.3 is 0 Å². The molecule has 0 aliphatic carbocycles. The molecule has 0 fully saturated rings. The van der Waals surface area contributed by atoms with Gasteiger partial charge in [0.1, 0.15) is 5.76 Å². The highest BCUT2D eigenvalue weighted by Crippen LogP contribution is 2.31. The van der Waals surface area contributed by atoms with Crippen molar-refractivity contribution in [3.8, 4) is 0 Å². The lowest BCUT2D eigenvalue weighted by Gasteiger charge is -2.40. The summed E-state index contributed by atoms with van der Waals surface area (Å²) in [6, 6.07) is 9.67. The van der Waals surface area contributed by atoms with E-state index in [4.69, 9.17) is 4.74 Å². The van der Waals surface area contributed by atoms with Crippen LogP contribution in [0.4, 0.5) is 0 Å². The number of Topliss-reactive ketones (excluding diaryl/α,β-unsaturated/α-hetero) is 1. The Balaban J connectivity index is 2.04. The van der Waals surface area contributed by atoms with E-state index < -0.39 is 5.54 Å². The highest BCUT2D eigenvalue weighted by molar-refractivity contribution is 6.21. The van der Waals surface area contributed by atoms with Crippen LogP contribution in [0.25, 0.3) is 16.5 Å². The summed E-state index contributed by atoms with van der Waals surface area (Å²) in [5.74, 6) is 0.352. The number of ketones is 1. The third-order valence-corrected chi connectivity index (χ3v) is 4.78. The number of hydrogen-bond donors (Lipinski definition) is 0. The fourth-order valence-electron chi connectivity index (χ4n) is 3.11. The van der Waals surface area contributed by atoms with Gasteiger partial charge in [0, 0.05) is 23.6 Å². The molecule has 0 bridgehead atoms. The van der Waals surface area contributed by atoms with Gasteiger partial charge in [-0.1, -0.05) is 25.1 Å². The SMILES string of the molecule is CCC(=O)C(C)(C)N1COC(C)=C(c2cnc3ccccc3c2)C1=O. The van der Waals surface area contributed by atoms with Gasteiger partial charge in [-0.25, -0.2) is 0 Å². The van der Waals surface area contributed by atoms with Gasteiger partial charge < -0.3 is 4.74 Å². The molecule has 130 valence electrons. The number of allylic oxidation sites excluding steroid dienone is 1. The van der Waals surface area contributed by atoms with Crippen molar-refractivity contribution in [3.63, 3.8) is 0 Å². The van der Waals surface area contributed by atoms with Crippen LogP contribution in [0.2, 0.25) is 0 Å². The van der Waals surface area contributed by atoms with Crippen LogP contribution in [0.15, 0.2) is 42.3 Å². The predicted octanol–water partition coefficient (Wildman–Crippen LogP) is 3.54. The average Bonchev–Trinajstić information content (AvgIpc) is 2.60. The van der Waals surface area contributed by atoms with Gasteiger partial charge in [-0.3, -0.25) is 19.5 Å². The molecule has 0 saturated heterocycles. The summed E-state index contributed by atoms with van der Waals surface area (Å²) in [6.07, 6.45) is 2.05. The minimum atomic E-state index is -0.915. The molecule has 0 unspecified atom stereocenters. The molecule has 1 amide bonds. The summed E-state index contributed by atoms with van der Waals surface area (Å²) < 4.78 is 5.73. The van der Waals surface area contributed by atoms with E-state index in [9.17, 15) is 9.59 Å². The van der Waals surface area contributed by atoms with Crippen molar-refractivity contribution in [2.45, 2.75) is 39.7 Å². The van der Waals surface area contributed by atoms with Gasteiger partial charge in [0.2, 0.25) is 0 Å². The molecule has 1 aromatic carbocycles. The second-order valence-corrected chi connectivity index (χ2v) is 6.69. The molecule has 1 aromatic heterocycles. The van der Waals surface area contributed by atoms with E-state index in [-0.39, 0.29) is 18.4 Å². The van der Waals surface area contributed by atoms with Crippen molar-refractivity contribution in [2.75, 3.05) is 6.73 Å². The van der Waals surface area contributed by atoms with Crippen LogP contribution in [0, 0.1) is 0 Å². The van der Waals surface area contributed by atoms with Crippen LogP contribution in [0.5, 0.6) is 0 Å². The Labute approximate surface area is 147 Å². The van der Waals surface area contributed by atoms with E-state index in [1.54, 1.807) is 33.9 Å². The molecule has 2 heterocycles. The van der Waals surface area contributed by atoms with E-state index in [2.05, 4.69) is 4.98 Å². The minimum Gasteiger partial charge on any atom is -0.477 e. The molecular weight excluding hydrogens is 316 g/mol. The maximum absolute atomic E-state index is 13.1. The van der Waals surface area contributed by atoms with Crippen LogP contribution in [-0.4, -0.2) is 33.8 Å². The second kappa shape index (κ2) is 6.31. The molecule has 0 saturated carbocycles. The van der Waals surface area contributed by atoms with E-state index in [0.717, 1.165) is 10.9 Å². The molecule has 25 heavy (non-hydrogen) atoms. The van der Waals surface area contributed by atoms with Crippen LogP contribution >= 0.6 is 0 Å². The fourth-order valence-corrected chi connectivity index (χ4v) is 3.11. The molecule has 1 aliphatic rings. The number of carbonyl (C=O) groups excluding carboxylic acids is 2. The molecule has 5 nitrogen and oxygen atoms in total. The number of hydrogen-bond acceptors (Lipinski definition) is 4. The van der Waals surface area contributed by atoms with Crippen LogP contribution < -0.4 is 0 Å². The number of rotatable bonds is 4. The van der Waals surface area contributed by atoms with E-state index in [1.807, 2.05) is 30.3 Å². The van der Waals surface area contributed by atoms with Gasteiger partial charge in [-0.15, -0.1) is 0 Å². The molecule has 2 aromatic rings. The lowest BCUT2D eigenvalue weighted by molar-refractivity contribution is -0.148. The van der Waals surface area contributed by atoms with Gasteiger partial charge in [-0.2, -0.15) is 0 Å². The van der Waals surface area contributed by atoms with E-state index >= 15 is 0 Å². The van der Waals surface area contributed by atoms with Crippen LogP contribution in [0.3, 0.4) is 0 Å². The third-order valence-electron chi connectivity index (χ3n) is 4.78. The first kappa shape index (κ1) is 17.1. The largest absolute Gasteiger partial charge is 0.477 e. The second-order valence-electron chi connectivity index (χ2n) is 6.69. The molecular formula is C20H22N2O3. The van der Waals surface area contributed by atoms with Crippen LogP contribution in [-0.2, 0) is 14.3 Å². The Hall–Kier alpha value is -2.69. The number of aromatic nitrogens is 1. The first-order valence-corrected chi connectivity index (χ1v) is 8.40. The Kier molecular flexibility index (Phi) is 4.33. The first-order chi connectivity index (χ1) is 11.9. The van der Waals surface area contributed by atoms with E-state index in [1.165, 1.54) is 4.90 Å². The Morgan fingerprint density at radius 2 is 2.04 bits per heavy atom. The molecule has 0 atom stereocenters. The van der Waals surface area contributed by atoms with Gasteiger partial charge in [0.25, 0.3) is 5.91 Å². The highest BCUT2D eigenvalue weighted by Gasteiger charge is 2.41. The summed E-state index contributed by atoms with van der Waals surface area (Å²) in [6.45, 7) is 7.17.